The summed E-state index contributed by atoms with van der Waals surface area (Å²) in [5.41, 5.74) is 0.787. The fraction of sp³-hybridized carbons (Fsp3) is 0.294. The number of hydrogen-bond acceptors (Lipinski definition) is 4. The molecular formula is C17H20O3S. The number of rotatable bonds is 7. The Hall–Kier alpha value is -1.65. The molecule has 0 aromatic heterocycles. The molecule has 2 aromatic carbocycles. The minimum atomic E-state index is -0.681. The lowest BCUT2D eigenvalue weighted by Crippen LogP contribution is -2.10. The fourth-order valence-electron chi connectivity index (χ4n) is 1.96. The summed E-state index contributed by atoms with van der Waals surface area (Å²) in [5, 5.41) is 10.2. The molecule has 0 aliphatic heterocycles. The van der Waals surface area contributed by atoms with Crippen LogP contribution in [0.25, 0.3) is 0 Å². The highest BCUT2D eigenvalue weighted by Gasteiger charge is 2.11. The van der Waals surface area contributed by atoms with Gasteiger partial charge in [-0.05, 0) is 35.6 Å². The number of benzene rings is 2. The lowest BCUT2D eigenvalue weighted by molar-refractivity contribution is 0.106. The smallest absolute Gasteiger partial charge is 0.133 e. The van der Waals surface area contributed by atoms with Gasteiger partial charge >= 0.3 is 0 Å². The molecule has 112 valence electrons. The van der Waals surface area contributed by atoms with Crippen LogP contribution in [-0.4, -0.2) is 24.6 Å². The molecule has 0 radical (unpaired) electrons. The van der Waals surface area contributed by atoms with Crippen molar-refractivity contribution in [2.45, 2.75) is 17.9 Å². The van der Waals surface area contributed by atoms with Crippen LogP contribution in [0.1, 0.15) is 18.6 Å². The molecule has 4 heteroatoms. The van der Waals surface area contributed by atoms with Gasteiger partial charge < -0.3 is 14.6 Å². The molecule has 0 saturated carbocycles. The molecule has 0 fully saturated rings. The van der Waals surface area contributed by atoms with Crippen molar-refractivity contribution in [2.24, 2.45) is 0 Å². The van der Waals surface area contributed by atoms with Crippen molar-refractivity contribution in [3.8, 4) is 11.5 Å². The summed E-state index contributed by atoms with van der Waals surface area (Å²) in [6.45, 7) is 2.32. The monoisotopic (exact) mass is 304 g/mol. The van der Waals surface area contributed by atoms with Crippen molar-refractivity contribution in [3.05, 3.63) is 54.1 Å². The molecule has 0 spiro atoms. The Labute approximate surface area is 129 Å². The van der Waals surface area contributed by atoms with Crippen LogP contribution in [0, 0.1) is 0 Å². The molecule has 0 aliphatic rings. The Balaban J connectivity index is 2.02. The van der Waals surface area contributed by atoms with Crippen molar-refractivity contribution < 1.29 is 14.6 Å². The Morgan fingerprint density at radius 2 is 1.95 bits per heavy atom. The fourth-order valence-corrected chi connectivity index (χ4v) is 2.71. The number of hydrogen-bond donors (Lipinski definition) is 1. The maximum Gasteiger partial charge on any atom is 0.133 e. The number of ether oxygens (including phenoxy) is 2. The van der Waals surface area contributed by atoms with Gasteiger partial charge in [0, 0.05) is 4.90 Å². The maximum atomic E-state index is 10.2. The Bertz CT molecular complexity index is 571. The van der Waals surface area contributed by atoms with E-state index in [2.05, 4.69) is 6.92 Å². The second-order valence-corrected chi connectivity index (χ2v) is 5.79. The maximum absolute atomic E-state index is 10.2. The van der Waals surface area contributed by atoms with Crippen molar-refractivity contribution >= 4 is 11.8 Å². The highest BCUT2D eigenvalue weighted by atomic mass is 32.2. The van der Waals surface area contributed by atoms with Crippen molar-refractivity contribution in [2.75, 3.05) is 19.5 Å². The molecule has 1 atom stereocenters. The molecule has 1 N–H and O–H groups in total. The topological polar surface area (TPSA) is 38.7 Å². The Kier molecular flexibility index (Phi) is 5.96. The van der Waals surface area contributed by atoms with Gasteiger partial charge in [-0.2, -0.15) is 0 Å². The summed E-state index contributed by atoms with van der Waals surface area (Å²) >= 11 is 1.73. The van der Waals surface area contributed by atoms with Crippen LogP contribution in [0.15, 0.2) is 53.4 Å². The Morgan fingerprint density at radius 3 is 2.71 bits per heavy atom. The second kappa shape index (κ2) is 7.96. The van der Waals surface area contributed by atoms with Gasteiger partial charge in [-0.1, -0.05) is 31.2 Å². The van der Waals surface area contributed by atoms with Crippen molar-refractivity contribution in [1.82, 2.24) is 0 Å². The third-order valence-corrected chi connectivity index (χ3v) is 3.96. The summed E-state index contributed by atoms with van der Waals surface area (Å²) < 4.78 is 10.9. The number of thioether (sulfide) groups is 1. The van der Waals surface area contributed by atoms with Gasteiger partial charge in [0.05, 0.1) is 7.11 Å². The molecule has 0 aliphatic carbocycles. The standard InChI is InChI=1S/C17H20O3S/c1-3-21-17-10-5-4-9-16(17)20-12-15(18)13-7-6-8-14(11-13)19-2/h4-11,15,18H,3,12H2,1-2H3. The molecule has 0 amide bonds. The molecule has 2 rings (SSSR count). The van der Waals surface area contributed by atoms with Crippen LogP contribution in [0.2, 0.25) is 0 Å². The summed E-state index contributed by atoms with van der Waals surface area (Å²) in [6.07, 6.45) is -0.681. The van der Waals surface area contributed by atoms with Gasteiger partial charge in [0.2, 0.25) is 0 Å². The largest absolute Gasteiger partial charge is 0.497 e. The first-order valence-electron chi connectivity index (χ1n) is 6.91. The zero-order chi connectivity index (χ0) is 15.1. The third-order valence-electron chi connectivity index (χ3n) is 3.02. The average molecular weight is 304 g/mol. The van der Waals surface area contributed by atoms with Crippen LogP contribution < -0.4 is 9.47 Å². The number of para-hydroxylation sites is 1. The van der Waals surface area contributed by atoms with E-state index in [4.69, 9.17) is 9.47 Å². The molecule has 3 nitrogen and oxygen atoms in total. The molecule has 1 unspecified atom stereocenters. The first kappa shape index (κ1) is 15.7. The normalized spacial score (nSPS) is 12.0. The van der Waals surface area contributed by atoms with Crippen LogP contribution in [0.3, 0.4) is 0 Å². The predicted molar refractivity (Wildman–Crippen MR) is 86.3 cm³/mol. The van der Waals surface area contributed by atoms with Gasteiger partial charge in [0.1, 0.15) is 24.2 Å². The number of methoxy groups -OCH3 is 1. The van der Waals surface area contributed by atoms with Gasteiger partial charge in [-0.25, -0.2) is 0 Å². The van der Waals surface area contributed by atoms with E-state index < -0.39 is 6.10 Å². The quantitative estimate of drug-likeness (QED) is 0.787. The molecule has 0 bridgehead atoms. The van der Waals surface area contributed by atoms with E-state index in [0.717, 1.165) is 27.7 Å². The van der Waals surface area contributed by atoms with E-state index >= 15 is 0 Å². The predicted octanol–water partition coefficient (Wildman–Crippen LogP) is 3.92. The highest BCUT2D eigenvalue weighted by molar-refractivity contribution is 7.99. The SMILES string of the molecule is CCSc1ccccc1OCC(O)c1cccc(OC)c1. The zero-order valence-electron chi connectivity index (χ0n) is 12.3. The zero-order valence-corrected chi connectivity index (χ0v) is 13.1. The number of aliphatic hydroxyl groups excluding tert-OH is 1. The van der Waals surface area contributed by atoms with E-state index in [1.807, 2.05) is 48.5 Å². The third kappa shape index (κ3) is 4.41. The Morgan fingerprint density at radius 1 is 1.14 bits per heavy atom. The second-order valence-electron chi connectivity index (χ2n) is 4.48. The minimum absolute atomic E-state index is 0.217. The van der Waals surface area contributed by atoms with E-state index in [1.165, 1.54) is 0 Å². The van der Waals surface area contributed by atoms with Gasteiger partial charge in [0.25, 0.3) is 0 Å². The van der Waals surface area contributed by atoms with Gasteiger partial charge in [-0.15, -0.1) is 11.8 Å². The summed E-state index contributed by atoms with van der Waals surface area (Å²) in [7, 11) is 1.61. The van der Waals surface area contributed by atoms with Crippen LogP contribution in [0.4, 0.5) is 0 Å². The van der Waals surface area contributed by atoms with Gasteiger partial charge in [-0.3, -0.25) is 0 Å². The van der Waals surface area contributed by atoms with Crippen LogP contribution in [-0.2, 0) is 0 Å². The molecule has 0 saturated heterocycles. The van der Waals surface area contributed by atoms with Crippen LogP contribution in [0.5, 0.6) is 11.5 Å². The molecular weight excluding hydrogens is 284 g/mol. The van der Waals surface area contributed by atoms with Crippen molar-refractivity contribution in [1.29, 1.82) is 0 Å². The summed E-state index contributed by atoms with van der Waals surface area (Å²) in [4.78, 5) is 1.10. The van der Waals surface area contributed by atoms with E-state index in [1.54, 1.807) is 18.9 Å². The van der Waals surface area contributed by atoms with E-state index in [9.17, 15) is 5.11 Å². The van der Waals surface area contributed by atoms with Crippen LogP contribution >= 0.6 is 11.8 Å². The molecule has 21 heavy (non-hydrogen) atoms. The van der Waals surface area contributed by atoms with Crippen molar-refractivity contribution in [3.63, 3.8) is 0 Å². The first-order valence-corrected chi connectivity index (χ1v) is 7.89. The van der Waals surface area contributed by atoms with E-state index in [0.29, 0.717) is 0 Å². The summed E-state index contributed by atoms with van der Waals surface area (Å²) in [5.74, 6) is 2.53. The van der Waals surface area contributed by atoms with Gasteiger partial charge in [0.15, 0.2) is 0 Å². The molecule has 0 heterocycles. The average Bonchev–Trinajstić information content (AvgIpc) is 2.54. The molecule has 2 aromatic rings. The summed E-state index contributed by atoms with van der Waals surface area (Å²) in [6, 6.07) is 15.3. The highest BCUT2D eigenvalue weighted by Crippen LogP contribution is 2.29. The minimum Gasteiger partial charge on any atom is -0.497 e. The lowest BCUT2D eigenvalue weighted by Gasteiger charge is -2.15. The first-order chi connectivity index (χ1) is 10.2. The number of aliphatic hydroxyl groups is 1. The lowest BCUT2D eigenvalue weighted by atomic mass is 10.1. The van der Waals surface area contributed by atoms with E-state index in [-0.39, 0.29) is 6.61 Å².